The van der Waals surface area contributed by atoms with Crippen LogP contribution in [0.15, 0.2) is 22.2 Å². The molecule has 13 N–H and O–H groups in total. The van der Waals surface area contributed by atoms with Gasteiger partial charge in [-0.25, -0.2) is 23.2 Å². The highest BCUT2D eigenvalue weighted by Crippen LogP contribution is 2.68. The number of nitrogens with two attached hydrogens (primary N) is 2. The lowest BCUT2D eigenvalue weighted by Crippen LogP contribution is -2.53. The van der Waals surface area contributed by atoms with E-state index in [0.717, 1.165) is 22.4 Å². The first-order chi connectivity index (χ1) is 24.5. The monoisotopic (exact) mass is 817 g/mol. The molecule has 2 fully saturated rings. The second-order valence-electron chi connectivity index (χ2n) is 11.9. The van der Waals surface area contributed by atoms with Crippen molar-refractivity contribution in [1.29, 1.82) is 0 Å². The van der Waals surface area contributed by atoms with E-state index >= 15 is 0 Å². The third kappa shape index (κ3) is 7.59. The van der Waals surface area contributed by atoms with Crippen molar-refractivity contribution in [2.24, 2.45) is 7.05 Å². The van der Waals surface area contributed by atoms with Gasteiger partial charge in [-0.2, -0.15) is 13.6 Å². The third-order valence-electron chi connectivity index (χ3n) is 8.08. The van der Waals surface area contributed by atoms with E-state index in [2.05, 4.69) is 42.6 Å². The second kappa shape index (κ2) is 13.6. The van der Waals surface area contributed by atoms with Crippen molar-refractivity contribution in [2.75, 3.05) is 24.7 Å². The Hall–Kier alpha value is -3.53. The van der Waals surface area contributed by atoms with Crippen molar-refractivity contribution < 1.29 is 80.5 Å². The lowest BCUT2D eigenvalue weighted by Gasteiger charge is -2.25. The van der Waals surface area contributed by atoms with Crippen molar-refractivity contribution in [3.8, 4) is 0 Å². The first kappa shape index (κ1) is 39.2. The standard InChI is InChI=1S/C22H31N10O18P3/c1-22(38)13(35)8(48-19(22)32-6-30(2)10-15(32)27-21(24)29-17(10)37)4-46-52(41,42)50-53(43,44)49-51(39,40)45-3-7-11(33)12(34)18(47-7)31-5-25-9-14(31)26-20(23)28-16(9)36/h5-8,11-13,18-19,33-35,38H,3-4H2,1-2H3,(H8-,23,24,26,27,28,29,36,37,39,40,41,42,43,44)/p+1/t7?,8-,11-,12-,13-,18-,19?,22-/m1/s1. The molecule has 0 bridgehead atoms. The minimum atomic E-state index is -6.02. The van der Waals surface area contributed by atoms with Crippen LogP contribution >= 0.6 is 23.5 Å². The van der Waals surface area contributed by atoms with Crippen LogP contribution in [0.4, 0.5) is 11.9 Å². The van der Waals surface area contributed by atoms with Gasteiger partial charge in [0.05, 0.1) is 26.6 Å². The summed E-state index contributed by atoms with van der Waals surface area (Å²) in [6, 6.07) is 0. The van der Waals surface area contributed by atoms with Crippen molar-refractivity contribution in [3.05, 3.63) is 33.4 Å². The number of nitrogens with zero attached hydrogens (tertiary/aromatic N) is 6. The van der Waals surface area contributed by atoms with E-state index in [1.54, 1.807) is 0 Å². The number of aromatic nitrogens is 8. The van der Waals surface area contributed by atoms with E-state index in [4.69, 9.17) is 20.9 Å². The van der Waals surface area contributed by atoms with Crippen LogP contribution < -0.4 is 27.2 Å². The van der Waals surface area contributed by atoms with E-state index in [-0.39, 0.29) is 34.2 Å². The molecule has 2 aliphatic rings. The number of aliphatic hydroxyl groups is 4. The summed E-state index contributed by atoms with van der Waals surface area (Å²) in [6.45, 7) is -1.07. The third-order valence-corrected chi connectivity index (χ3v) is 12.3. The van der Waals surface area contributed by atoms with Gasteiger partial charge in [-0.15, -0.1) is 0 Å². The summed E-state index contributed by atoms with van der Waals surface area (Å²) in [7, 11) is -16.0. The van der Waals surface area contributed by atoms with Gasteiger partial charge >= 0.3 is 29.1 Å². The summed E-state index contributed by atoms with van der Waals surface area (Å²) in [5, 5.41) is 42.8. The molecule has 5 unspecified atom stereocenters. The molecule has 0 spiro atoms. The number of aromatic amines is 2. The number of hydrogen-bond donors (Lipinski definition) is 11. The fourth-order valence-corrected chi connectivity index (χ4v) is 9.22. The van der Waals surface area contributed by atoms with Crippen LogP contribution in [0.1, 0.15) is 19.4 Å². The van der Waals surface area contributed by atoms with Crippen LogP contribution in [0.2, 0.25) is 0 Å². The van der Waals surface area contributed by atoms with Crippen LogP contribution in [0.3, 0.4) is 0 Å². The molecule has 0 aliphatic carbocycles. The Bertz CT molecular complexity index is 2330. The summed E-state index contributed by atoms with van der Waals surface area (Å²) < 4.78 is 69.5. The number of aliphatic hydroxyl groups excluding tert-OH is 3. The minimum absolute atomic E-state index is 0.00390. The first-order valence-corrected chi connectivity index (χ1v) is 19.2. The van der Waals surface area contributed by atoms with E-state index < -0.39 is 96.4 Å². The lowest BCUT2D eigenvalue weighted by atomic mass is 9.96. The molecule has 6 rings (SSSR count). The Morgan fingerprint density at radius 2 is 1.51 bits per heavy atom. The van der Waals surface area contributed by atoms with Crippen molar-refractivity contribution in [3.63, 3.8) is 0 Å². The summed E-state index contributed by atoms with van der Waals surface area (Å²) in [5.41, 5.74) is 7.22. The Balaban J connectivity index is 1.06. The highest BCUT2D eigenvalue weighted by Gasteiger charge is 2.56. The van der Waals surface area contributed by atoms with E-state index in [1.807, 2.05) is 0 Å². The van der Waals surface area contributed by atoms with Crippen LogP contribution in [-0.2, 0) is 47.9 Å². The zero-order chi connectivity index (χ0) is 39.0. The second-order valence-corrected chi connectivity index (χ2v) is 16.6. The first-order valence-electron chi connectivity index (χ1n) is 14.8. The fourth-order valence-electron chi connectivity index (χ4n) is 5.70. The molecule has 2 saturated heterocycles. The maximum atomic E-state index is 12.6. The van der Waals surface area contributed by atoms with Crippen LogP contribution in [0, 0.1) is 0 Å². The van der Waals surface area contributed by atoms with Gasteiger partial charge in [0.1, 0.15) is 36.1 Å². The van der Waals surface area contributed by atoms with E-state index in [9.17, 15) is 58.4 Å². The van der Waals surface area contributed by atoms with E-state index in [0.29, 0.717) is 0 Å². The quantitative estimate of drug-likeness (QED) is 0.0477. The number of phosphoric acid groups is 3. The lowest BCUT2D eigenvalue weighted by molar-refractivity contribution is -0.752. The zero-order valence-electron chi connectivity index (χ0n) is 26.9. The van der Waals surface area contributed by atoms with Crippen LogP contribution in [0.5, 0.6) is 0 Å². The molecular weight excluding hydrogens is 785 g/mol. The Labute approximate surface area is 292 Å². The number of hydrogen-bond acceptors (Lipinski definition) is 20. The molecule has 4 aromatic rings. The molecular formula is C22H32N10O18P3+. The average molecular weight is 817 g/mol. The Morgan fingerprint density at radius 3 is 2.15 bits per heavy atom. The molecule has 53 heavy (non-hydrogen) atoms. The van der Waals surface area contributed by atoms with Crippen molar-refractivity contribution in [2.45, 2.75) is 55.5 Å². The number of nitrogen functional groups attached to an aromatic ring is 2. The largest absolute Gasteiger partial charge is 0.490 e. The smallest absolute Gasteiger partial charge is 0.387 e. The van der Waals surface area contributed by atoms with Gasteiger partial charge in [0.15, 0.2) is 23.7 Å². The van der Waals surface area contributed by atoms with E-state index in [1.165, 1.54) is 17.9 Å². The number of anilines is 2. The van der Waals surface area contributed by atoms with Gasteiger partial charge in [0.2, 0.25) is 17.7 Å². The average Bonchev–Trinajstić information content (AvgIpc) is 3.72. The van der Waals surface area contributed by atoms with Gasteiger partial charge in [0, 0.05) is 0 Å². The molecule has 28 nitrogen and oxygen atoms in total. The number of H-pyrrole nitrogens is 2. The molecule has 0 aromatic carbocycles. The molecule has 0 saturated carbocycles. The normalized spacial score (nSPS) is 31.2. The summed E-state index contributed by atoms with van der Waals surface area (Å²) in [5.74, 6) is -0.595. The van der Waals surface area contributed by atoms with Gasteiger partial charge in [0.25, 0.3) is 17.1 Å². The van der Waals surface area contributed by atoms with Gasteiger partial charge in [-0.1, -0.05) is 4.98 Å². The van der Waals surface area contributed by atoms with Gasteiger partial charge in [-0.3, -0.25) is 37.7 Å². The van der Waals surface area contributed by atoms with Gasteiger partial charge < -0.3 is 56.0 Å². The SMILES string of the molecule is Cn1c[n+](C2O[C@H](COP(=O)(O)OP(=O)(O)OP(=O)(O)OCC3O[C@@H](n4cnc5c(=O)[nH]c(N)nc54)[C@H](O)[C@@H]3O)[C@@H](O)[C@@]2(C)O)c2nc(N)[nH]c(=O)c21. The summed E-state index contributed by atoms with van der Waals surface area (Å²) >= 11 is 0. The predicted octanol–water partition coefficient (Wildman–Crippen LogP) is -4.16. The number of fused-ring (bicyclic) bond motifs is 2. The minimum Gasteiger partial charge on any atom is -0.387 e. The fraction of sp³-hybridized carbons (Fsp3) is 0.545. The summed E-state index contributed by atoms with van der Waals surface area (Å²) in [6.07, 6.45) is -9.41. The van der Waals surface area contributed by atoms with Crippen LogP contribution in [0.25, 0.3) is 22.3 Å². The summed E-state index contributed by atoms with van der Waals surface area (Å²) in [4.78, 5) is 70.9. The maximum Gasteiger partial charge on any atom is 0.490 e. The van der Waals surface area contributed by atoms with Crippen LogP contribution in [-0.4, -0.2) is 118 Å². The molecule has 2 aliphatic heterocycles. The number of nitrogens with one attached hydrogen (secondary N) is 2. The molecule has 0 radical (unpaired) electrons. The number of phosphoric ester groups is 2. The number of ether oxygens (including phenoxy) is 2. The molecule has 4 aromatic heterocycles. The molecule has 11 atom stereocenters. The number of aryl methyl sites for hydroxylation is 1. The molecule has 0 amide bonds. The Kier molecular flexibility index (Phi) is 10.1. The highest BCUT2D eigenvalue weighted by atomic mass is 31.3. The number of imidazole rings is 2. The zero-order valence-corrected chi connectivity index (χ0v) is 29.6. The number of rotatable bonds is 12. The predicted molar refractivity (Wildman–Crippen MR) is 169 cm³/mol. The van der Waals surface area contributed by atoms with Crippen molar-refractivity contribution in [1.82, 2.24) is 34.1 Å². The topological polar surface area (TPSA) is 418 Å². The maximum absolute atomic E-state index is 12.6. The molecule has 31 heteroatoms. The van der Waals surface area contributed by atoms with Gasteiger partial charge in [-0.05, 0) is 6.92 Å². The van der Waals surface area contributed by atoms with Crippen molar-refractivity contribution >= 4 is 57.7 Å². The Morgan fingerprint density at radius 1 is 0.925 bits per heavy atom. The highest BCUT2D eigenvalue weighted by molar-refractivity contribution is 7.66. The molecule has 292 valence electrons. The molecule has 6 heterocycles.